The van der Waals surface area contributed by atoms with Crippen molar-refractivity contribution in [2.45, 2.75) is 70.1 Å². The van der Waals surface area contributed by atoms with Gasteiger partial charge in [0.25, 0.3) is 5.79 Å². The Labute approximate surface area is 113 Å². The number of ether oxygens (including phenoxy) is 1. The van der Waals surface area contributed by atoms with Crippen molar-refractivity contribution in [2.24, 2.45) is 11.3 Å². The smallest absolute Gasteiger partial charge is 0.253 e. The normalized spacial score (nSPS) is 57.8. The van der Waals surface area contributed by atoms with Gasteiger partial charge in [-0.1, -0.05) is 26.3 Å². The first-order valence-electron chi connectivity index (χ1n) is 7.27. The number of rotatable bonds is 0. The summed E-state index contributed by atoms with van der Waals surface area (Å²) in [6.45, 7) is 8.41. The van der Waals surface area contributed by atoms with Gasteiger partial charge < -0.3 is 9.84 Å². The van der Waals surface area contributed by atoms with Crippen molar-refractivity contribution < 1.29 is 19.6 Å². The lowest BCUT2D eigenvalue weighted by atomic mass is 9.55. The second-order valence-corrected chi connectivity index (χ2v) is 7.39. The van der Waals surface area contributed by atoms with Gasteiger partial charge in [-0.3, -0.25) is 0 Å². The Morgan fingerprint density at radius 1 is 1.26 bits per heavy atom. The van der Waals surface area contributed by atoms with Gasteiger partial charge in [0.15, 0.2) is 0 Å². The highest BCUT2D eigenvalue weighted by Gasteiger charge is 2.81. The highest BCUT2D eigenvalue weighted by atomic mass is 17.2. The third kappa shape index (κ3) is 1.16. The van der Waals surface area contributed by atoms with E-state index >= 15 is 0 Å². The van der Waals surface area contributed by atoms with Crippen LogP contribution in [-0.4, -0.2) is 28.2 Å². The third-order valence-electron chi connectivity index (χ3n) is 6.03. The molecule has 2 aliphatic heterocycles. The van der Waals surface area contributed by atoms with Gasteiger partial charge in [-0.15, -0.1) is 0 Å². The van der Waals surface area contributed by atoms with Gasteiger partial charge in [-0.05, 0) is 32.6 Å². The number of epoxide rings is 1. The van der Waals surface area contributed by atoms with Crippen LogP contribution in [0.3, 0.4) is 0 Å². The van der Waals surface area contributed by atoms with Gasteiger partial charge in [-0.2, -0.15) is 4.89 Å². The highest BCUT2D eigenvalue weighted by molar-refractivity contribution is 5.42. The minimum atomic E-state index is -1.39. The summed E-state index contributed by atoms with van der Waals surface area (Å²) in [6, 6.07) is 0. The Hall–Kier alpha value is -0.420. The number of fused-ring (bicyclic) bond motifs is 2. The molecule has 0 aromatic carbocycles. The van der Waals surface area contributed by atoms with E-state index in [1.54, 1.807) is 0 Å². The number of hydrogen-bond acceptors (Lipinski definition) is 4. The molecule has 1 N–H and O–H groups in total. The van der Waals surface area contributed by atoms with Crippen molar-refractivity contribution in [3.8, 4) is 0 Å². The van der Waals surface area contributed by atoms with Gasteiger partial charge in [0, 0.05) is 11.0 Å². The van der Waals surface area contributed by atoms with Crippen molar-refractivity contribution in [1.29, 1.82) is 0 Å². The van der Waals surface area contributed by atoms with Gasteiger partial charge >= 0.3 is 0 Å². The molecule has 4 heteroatoms. The lowest BCUT2D eigenvalue weighted by Gasteiger charge is -2.47. The Kier molecular flexibility index (Phi) is 2.00. The summed E-state index contributed by atoms with van der Waals surface area (Å²) < 4.78 is 6.05. The van der Waals surface area contributed by atoms with E-state index in [4.69, 9.17) is 14.5 Å². The second kappa shape index (κ2) is 3.08. The fourth-order valence-corrected chi connectivity index (χ4v) is 4.54. The summed E-state index contributed by atoms with van der Waals surface area (Å²) in [5.74, 6) is -0.847. The molecule has 19 heavy (non-hydrogen) atoms. The zero-order valence-electron chi connectivity index (χ0n) is 12.0. The first-order valence-corrected chi connectivity index (χ1v) is 7.27. The zero-order chi connectivity index (χ0) is 13.7. The zero-order valence-corrected chi connectivity index (χ0v) is 12.0. The molecule has 0 aromatic heterocycles. The Balaban J connectivity index is 1.91. The lowest BCUT2D eigenvalue weighted by molar-refractivity contribution is -0.392. The van der Waals surface area contributed by atoms with Gasteiger partial charge in [-0.25, -0.2) is 4.89 Å². The molecule has 1 saturated carbocycles. The molecule has 2 aliphatic carbocycles. The maximum absolute atomic E-state index is 10.9. The van der Waals surface area contributed by atoms with Crippen LogP contribution >= 0.6 is 0 Å². The van der Waals surface area contributed by atoms with E-state index in [2.05, 4.69) is 19.9 Å². The first-order chi connectivity index (χ1) is 8.76. The van der Waals surface area contributed by atoms with Crippen molar-refractivity contribution in [3.63, 3.8) is 0 Å². The summed E-state index contributed by atoms with van der Waals surface area (Å²) in [5.41, 5.74) is -0.0553. The third-order valence-corrected chi connectivity index (χ3v) is 6.03. The Morgan fingerprint density at radius 2 is 2.00 bits per heavy atom. The van der Waals surface area contributed by atoms with Crippen LogP contribution in [0, 0.1) is 11.3 Å². The van der Waals surface area contributed by atoms with Crippen molar-refractivity contribution in [1.82, 2.24) is 0 Å². The van der Waals surface area contributed by atoms with Crippen LogP contribution in [0.4, 0.5) is 0 Å². The molecule has 4 rings (SSSR count). The maximum Gasteiger partial charge on any atom is 0.253 e. The van der Waals surface area contributed by atoms with E-state index < -0.39 is 11.4 Å². The molecule has 0 radical (unpaired) electrons. The molecule has 0 unspecified atom stereocenters. The fraction of sp³-hybridized carbons (Fsp3) is 0.867. The molecule has 4 nitrogen and oxygen atoms in total. The summed E-state index contributed by atoms with van der Waals surface area (Å²) in [5, 5.41) is 10.9. The van der Waals surface area contributed by atoms with Crippen molar-refractivity contribution in [2.75, 3.05) is 0 Å². The molecule has 0 aromatic rings. The summed E-state index contributed by atoms with van der Waals surface area (Å²) in [6.07, 6.45) is 5.26. The monoisotopic (exact) mass is 266 g/mol. The average Bonchev–Trinajstić information content (AvgIpc) is 3.02. The van der Waals surface area contributed by atoms with Gasteiger partial charge in [0.2, 0.25) is 0 Å². The molecule has 2 saturated heterocycles. The molecule has 5 atom stereocenters. The van der Waals surface area contributed by atoms with Crippen LogP contribution < -0.4 is 0 Å². The van der Waals surface area contributed by atoms with Crippen molar-refractivity contribution >= 4 is 0 Å². The Bertz CT molecular complexity index is 485. The van der Waals surface area contributed by atoms with Crippen LogP contribution in [0.1, 0.15) is 47.0 Å². The second-order valence-electron chi connectivity index (χ2n) is 7.39. The van der Waals surface area contributed by atoms with E-state index in [1.807, 2.05) is 13.8 Å². The molecular weight excluding hydrogens is 244 g/mol. The molecule has 106 valence electrons. The van der Waals surface area contributed by atoms with E-state index in [9.17, 15) is 5.11 Å². The molecule has 0 bridgehead atoms. The van der Waals surface area contributed by atoms with Gasteiger partial charge in [0.1, 0.15) is 17.3 Å². The molecule has 0 amide bonds. The quantitative estimate of drug-likeness (QED) is 0.415. The lowest BCUT2D eigenvalue weighted by Crippen LogP contribution is -2.55. The van der Waals surface area contributed by atoms with Gasteiger partial charge in [0.05, 0.1) is 0 Å². The first kappa shape index (κ1) is 12.3. The Morgan fingerprint density at radius 3 is 2.74 bits per heavy atom. The minimum Gasteiger partial charge on any atom is -0.359 e. The largest absolute Gasteiger partial charge is 0.359 e. The summed E-state index contributed by atoms with van der Waals surface area (Å²) in [7, 11) is 0. The minimum absolute atomic E-state index is 0.0359. The summed E-state index contributed by atoms with van der Waals surface area (Å²) >= 11 is 0. The highest BCUT2D eigenvalue weighted by Crippen LogP contribution is 2.70. The van der Waals surface area contributed by atoms with Crippen LogP contribution in [0.5, 0.6) is 0 Å². The van der Waals surface area contributed by atoms with Crippen molar-refractivity contribution in [3.05, 3.63) is 11.6 Å². The van der Waals surface area contributed by atoms with Crippen LogP contribution in [0.2, 0.25) is 0 Å². The average molecular weight is 266 g/mol. The molecule has 1 spiro atoms. The van der Waals surface area contributed by atoms with Crippen LogP contribution in [0.15, 0.2) is 11.6 Å². The summed E-state index contributed by atoms with van der Waals surface area (Å²) in [4.78, 5) is 10.7. The van der Waals surface area contributed by atoms with Crippen LogP contribution in [-0.2, 0) is 14.5 Å². The van der Waals surface area contributed by atoms with E-state index in [-0.39, 0.29) is 17.1 Å². The molecule has 3 fully saturated rings. The van der Waals surface area contributed by atoms with E-state index in [1.165, 1.54) is 6.42 Å². The molecular formula is C15H22O4. The maximum atomic E-state index is 10.9. The van der Waals surface area contributed by atoms with Crippen LogP contribution in [0.25, 0.3) is 0 Å². The van der Waals surface area contributed by atoms with E-state index in [0.717, 1.165) is 18.4 Å². The standard InChI is InChI=1S/C15H22O4/c1-9-6-5-7-14-11(17-14)15(16)10(8-13(9,14)4)12(2,3)18-19-15/h8-9,11,16H,5-7H2,1-4H3/t9-,11-,13+,14+,15+/m0/s1. The molecule has 4 aliphatic rings. The molecule has 2 heterocycles. The topological polar surface area (TPSA) is 51.2 Å². The fourth-order valence-electron chi connectivity index (χ4n) is 4.54. The SMILES string of the molecule is C[C@H]1CCC[C@@]23O[C@@H]2[C@]2(O)OOC(C)(C)C2=C[C@]13C. The number of aliphatic hydroxyl groups is 1. The van der Waals surface area contributed by atoms with E-state index in [0.29, 0.717) is 5.92 Å². The number of hydrogen-bond donors (Lipinski definition) is 1. The predicted molar refractivity (Wildman–Crippen MR) is 68.0 cm³/mol. The predicted octanol–water partition coefficient (Wildman–Crippen LogP) is 2.32.